The third kappa shape index (κ3) is 1.03. The highest BCUT2D eigenvalue weighted by Crippen LogP contribution is 2.36. The Morgan fingerprint density at radius 2 is 1.75 bits per heavy atom. The van der Waals surface area contributed by atoms with Gasteiger partial charge in [-0.15, -0.1) is 0 Å². The average molecular weight is 211 g/mol. The van der Waals surface area contributed by atoms with Gasteiger partial charge in [-0.25, -0.2) is 0 Å². The number of benzene rings is 1. The monoisotopic (exact) mass is 211 g/mol. The minimum absolute atomic E-state index is 0.0913. The first kappa shape index (κ1) is 9.09. The van der Waals surface area contributed by atoms with Gasteiger partial charge in [0.25, 0.3) is 0 Å². The first-order valence-corrected chi connectivity index (χ1v) is 5.06. The second-order valence-electron chi connectivity index (χ2n) is 3.94. The molecule has 1 aromatic carbocycles. The van der Waals surface area contributed by atoms with Crippen LogP contribution in [0.2, 0.25) is 0 Å². The third-order valence-electron chi connectivity index (χ3n) is 2.91. The maximum absolute atomic E-state index is 12.0. The Morgan fingerprint density at radius 1 is 1.06 bits per heavy atom. The summed E-state index contributed by atoms with van der Waals surface area (Å²) in [6.07, 6.45) is 0. The quantitative estimate of drug-likeness (QED) is 0.617. The molecule has 0 amide bonds. The Labute approximate surface area is 91.8 Å². The number of nitrogens with one attached hydrogen (secondary N) is 1. The van der Waals surface area contributed by atoms with Crippen molar-refractivity contribution in [2.45, 2.75) is 6.92 Å². The molecule has 1 aliphatic rings. The summed E-state index contributed by atoms with van der Waals surface area (Å²) in [6.45, 7) is 1.85. The summed E-state index contributed by atoms with van der Waals surface area (Å²) in [5.41, 5.74) is 3.49. The van der Waals surface area contributed by atoms with Gasteiger partial charge < -0.3 is 4.98 Å². The lowest BCUT2D eigenvalue weighted by Crippen LogP contribution is -2.11. The summed E-state index contributed by atoms with van der Waals surface area (Å²) in [7, 11) is 0. The maximum Gasteiger partial charge on any atom is 0.248 e. The number of fused-ring (bicyclic) bond motifs is 3. The maximum atomic E-state index is 12.0. The minimum Gasteiger partial charge on any atom is -0.319 e. The molecule has 1 aliphatic carbocycles. The topological polar surface area (TPSA) is 49.9 Å². The molecule has 3 heteroatoms. The van der Waals surface area contributed by atoms with Crippen molar-refractivity contribution in [1.82, 2.24) is 4.98 Å². The fourth-order valence-electron chi connectivity index (χ4n) is 2.24. The van der Waals surface area contributed by atoms with Gasteiger partial charge >= 0.3 is 0 Å². The van der Waals surface area contributed by atoms with Gasteiger partial charge in [-0.1, -0.05) is 24.3 Å². The van der Waals surface area contributed by atoms with E-state index in [9.17, 15) is 9.59 Å². The van der Waals surface area contributed by atoms with Gasteiger partial charge in [0.2, 0.25) is 11.3 Å². The highest BCUT2D eigenvalue weighted by atomic mass is 16.1. The Kier molecular flexibility index (Phi) is 1.66. The standard InChI is InChI=1S/C13H9NO2/c1-7-6-10(15)14-12-11(7)8-4-2-3-5-9(8)13(12)16/h2-6H,1H3,(H,14,15). The SMILES string of the molecule is Cc1cc(=O)[nH]c2c1-c1ccccc1C2=O. The molecule has 78 valence electrons. The fourth-order valence-corrected chi connectivity index (χ4v) is 2.24. The number of carbonyl (C=O) groups is 1. The zero-order chi connectivity index (χ0) is 11.3. The van der Waals surface area contributed by atoms with Crippen LogP contribution in [-0.4, -0.2) is 10.8 Å². The number of pyridine rings is 1. The van der Waals surface area contributed by atoms with Gasteiger partial charge in [0.15, 0.2) is 0 Å². The largest absolute Gasteiger partial charge is 0.319 e. The predicted molar refractivity (Wildman–Crippen MR) is 60.7 cm³/mol. The number of H-pyrrole nitrogens is 1. The van der Waals surface area contributed by atoms with Crippen LogP contribution in [-0.2, 0) is 0 Å². The molecule has 2 aromatic rings. The third-order valence-corrected chi connectivity index (χ3v) is 2.91. The molecule has 0 saturated carbocycles. The zero-order valence-corrected chi connectivity index (χ0v) is 8.70. The molecule has 0 unspecified atom stereocenters. The normalized spacial score (nSPS) is 12.4. The number of carbonyl (C=O) groups excluding carboxylic acids is 1. The van der Waals surface area contributed by atoms with Crippen LogP contribution >= 0.6 is 0 Å². The smallest absolute Gasteiger partial charge is 0.248 e. The van der Waals surface area contributed by atoms with E-state index in [2.05, 4.69) is 4.98 Å². The van der Waals surface area contributed by atoms with Gasteiger partial charge in [-0.3, -0.25) is 9.59 Å². The Balaban J connectivity index is 2.47. The molecule has 16 heavy (non-hydrogen) atoms. The summed E-state index contributed by atoms with van der Waals surface area (Å²) in [5.74, 6) is -0.0913. The molecule has 0 atom stereocenters. The van der Waals surface area contributed by atoms with Crippen molar-refractivity contribution in [2.24, 2.45) is 0 Å². The average Bonchev–Trinajstić information content (AvgIpc) is 2.54. The van der Waals surface area contributed by atoms with E-state index in [0.29, 0.717) is 11.3 Å². The predicted octanol–water partition coefficient (Wildman–Crippen LogP) is 1.89. The number of aromatic nitrogens is 1. The summed E-state index contributed by atoms with van der Waals surface area (Å²) in [5, 5.41) is 0. The van der Waals surface area contributed by atoms with Crippen molar-refractivity contribution in [2.75, 3.05) is 0 Å². The van der Waals surface area contributed by atoms with E-state index >= 15 is 0 Å². The second-order valence-corrected chi connectivity index (χ2v) is 3.94. The molecule has 1 N–H and O–H groups in total. The van der Waals surface area contributed by atoms with Gasteiger partial charge in [0.05, 0.1) is 5.69 Å². The lowest BCUT2D eigenvalue weighted by Gasteiger charge is -2.02. The van der Waals surface area contributed by atoms with E-state index in [1.807, 2.05) is 25.1 Å². The molecule has 3 nitrogen and oxygen atoms in total. The van der Waals surface area contributed by atoms with E-state index in [0.717, 1.165) is 16.7 Å². The van der Waals surface area contributed by atoms with Crippen LogP contribution in [0.4, 0.5) is 0 Å². The van der Waals surface area contributed by atoms with Crippen LogP contribution in [0.1, 0.15) is 21.6 Å². The van der Waals surface area contributed by atoms with E-state index in [4.69, 9.17) is 0 Å². The van der Waals surface area contributed by atoms with Crippen molar-refractivity contribution in [3.8, 4) is 11.1 Å². The van der Waals surface area contributed by atoms with Crippen LogP contribution < -0.4 is 5.56 Å². The Hall–Kier alpha value is -2.16. The van der Waals surface area contributed by atoms with Crippen molar-refractivity contribution < 1.29 is 4.79 Å². The molecule has 0 saturated heterocycles. The summed E-state index contributed by atoms with van der Waals surface area (Å²) < 4.78 is 0. The van der Waals surface area contributed by atoms with E-state index in [1.165, 1.54) is 6.07 Å². The fraction of sp³-hybridized carbons (Fsp3) is 0.0769. The number of ketones is 1. The number of hydrogen-bond donors (Lipinski definition) is 1. The highest BCUT2D eigenvalue weighted by Gasteiger charge is 2.28. The number of hydrogen-bond acceptors (Lipinski definition) is 2. The Morgan fingerprint density at radius 3 is 2.50 bits per heavy atom. The number of aryl methyl sites for hydroxylation is 1. The minimum atomic E-state index is -0.225. The molecule has 0 radical (unpaired) electrons. The summed E-state index contributed by atoms with van der Waals surface area (Å²) in [4.78, 5) is 26.0. The Bertz CT molecular complexity index is 668. The first-order valence-electron chi connectivity index (χ1n) is 5.06. The second kappa shape index (κ2) is 2.92. The molecule has 0 spiro atoms. The first-order chi connectivity index (χ1) is 7.68. The van der Waals surface area contributed by atoms with Gasteiger partial charge in [0, 0.05) is 17.2 Å². The molecular weight excluding hydrogens is 202 g/mol. The molecule has 1 heterocycles. The van der Waals surface area contributed by atoms with Crippen LogP contribution in [0.5, 0.6) is 0 Å². The molecule has 0 fully saturated rings. The van der Waals surface area contributed by atoms with E-state index in [1.54, 1.807) is 6.07 Å². The van der Waals surface area contributed by atoms with Crippen molar-refractivity contribution in [1.29, 1.82) is 0 Å². The van der Waals surface area contributed by atoms with Gasteiger partial charge in [-0.05, 0) is 18.1 Å². The zero-order valence-electron chi connectivity index (χ0n) is 8.70. The van der Waals surface area contributed by atoms with Crippen LogP contribution in [0.25, 0.3) is 11.1 Å². The molecule has 1 aromatic heterocycles. The summed E-state index contributed by atoms with van der Waals surface area (Å²) >= 11 is 0. The van der Waals surface area contributed by atoms with E-state index < -0.39 is 0 Å². The molecule has 3 rings (SSSR count). The van der Waals surface area contributed by atoms with Gasteiger partial charge in [-0.2, -0.15) is 0 Å². The number of rotatable bonds is 0. The highest BCUT2D eigenvalue weighted by molar-refractivity contribution is 6.20. The van der Waals surface area contributed by atoms with E-state index in [-0.39, 0.29) is 11.3 Å². The van der Waals surface area contributed by atoms with Crippen LogP contribution in [0.15, 0.2) is 35.1 Å². The molecular formula is C13H9NO2. The number of aromatic amines is 1. The van der Waals surface area contributed by atoms with Gasteiger partial charge in [0.1, 0.15) is 0 Å². The summed E-state index contributed by atoms with van der Waals surface area (Å²) in [6, 6.07) is 8.94. The lowest BCUT2D eigenvalue weighted by atomic mass is 10.0. The molecule has 0 bridgehead atoms. The van der Waals surface area contributed by atoms with Crippen molar-refractivity contribution in [3.05, 3.63) is 57.5 Å². The van der Waals surface area contributed by atoms with Crippen LogP contribution in [0.3, 0.4) is 0 Å². The van der Waals surface area contributed by atoms with Crippen molar-refractivity contribution >= 4 is 5.78 Å². The van der Waals surface area contributed by atoms with Crippen LogP contribution in [0, 0.1) is 6.92 Å². The molecule has 0 aliphatic heterocycles. The van der Waals surface area contributed by atoms with Crippen molar-refractivity contribution in [3.63, 3.8) is 0 Å². The lowest BCUT2D eigenvalue weighted by molar-refractivity contribution is 0.103.